The maximum atomic E-state index is 13.9. The highest BCUT2D eigenvalue weighted by atomic mass is 16.6. The fraction of sp³-hybridized carbons (Fsp3) is 0.679. The first-order valence-corrected chi connectivity index (χ1v) is 12.8. The molecule has 0 spiro atoms. The summed E-state index contributed by atoms with van der Waals surface area (Å²) in [7, 11) is 0. The van der Waals surface area contributed by atoms with E-state index in [1.54, 1.807) is 32.6 Å². The number of hydrogen-bond donors (Lipinski definition) is 2. The van der Waals surface area contributed by atoms with Gasteiger partial charge in [-0.1, -0.05) is 44.9 Å². The number of rotatable bonds is 11. The third kappa shape index (κ3) is 8.86. The average Bonchev–Trinajstić information content (AvgIpc) is 2.73. The Morgan fingerprint density at radius 1 is 1.00 bits per heavy atom. The summed E-state index contributed by atoms with van der Waals surface area (Å²) in [6, 6.07) is 4.17. The van der Waals surface area contributed by atoms with Gasteiger partial charge in [-0.25, -0.2) is 4.79 Å². The van der Waals surface area contributed by atoms with E-state index < -0.39 is 29.3 Å². The molecule has 2 atom stereocenters. The Labute approximate surface area is 212 Å². The SMILES string of the molecule is CCCCCNC(=O)C(c1c(C)cccc1C)N(C(=O)C(C)NC(=O)OC(C)(C)C)C(C)(C)CC. The van der Waals surface area contributed by atoms with Gasteiger partial charge in [0, 0.05) is 12.1 Å². The summed E-state index contributed by atoms with van der Waals surface area (Å²) in [5.74, 6) is -0.545. The number of aryl methyl sites for hydroxylation is 2. The number of nitrogens with zero attached hydrogens (tertiary/aromatic N) is 1. The smallest absolute Gasteiger partial charge is 0.408 e. The highest BCUT2D eigenvalue weighted by Gasteiger charge is 2.43. The van der Waals surface area contributed by atoms with Crippen LogP contribution in [0.25, 0.3) is 0 Å². The predicted molar refractivity (Wildman–Crippen MR) is 141 cm³/mol. The van der Waals surface area contributed by atoms with Crippen molar-refractivity contribution >= 4 is 17.9 Å². The van der Waals surface area contributed by atoms with Gasteiger partial charge in [0.15, 0.2) is 0 Å². The van der Waals surface area contributed by atoms with E-state index in [2.05, 4.69) is 17.6 Å². The molecule has 0 aliphatic carbocycles. The highest BCUT2D eigenvalue weighted by molar-refractivity contribution is 5.92. The van der Waals surface area contributed by atoms with Crippen molar-refractivity contribution in [2.24, 2.45) is 0 Å². The van der Waals surface area contributed by atoms with Gasteiger partial charge in [0.25, 0.3) is 0 Å². The standard InChI is InChI=1S/C28H47N3O4/c1-11-13-14-18-29-24(32)23(22-19(3)16-15-17-20(22)4)31(28(9,10)12-2)25(33)21(5)30-26(34)35-27(6,7)8/h15-17,21,23H,11-14,18H2,1-10H3,(H,29,32)(H,30,34). The van der Waals surface area contributed by atoms with Crippen LogP contribution >= 0.6 is 0 Å². The molecule has 0 radical (unpaired) electrons. The summed E-state index contributed by atoms with van der Waals surface area (Å²) in [6.07, 6.45) is 2.91. The number of carbonyl (C=O) groups excluding carboxylic acids is 3. The van der Waals surface area contributed by atoms with E-state index in [0.29, 0.717) is 13.0 Å². The minimum Gasteiger partial charge on any atom is -0.444 e. The molecule has 0 fully saturated rings. The Hall–Kier alpha value is -2.57. The lowest BCUT2D eigenvalue weighted by atomic mass is 9.88. The van der Waals surface area contributed by atoms with E-state index in [0.717, 1.165) is 36.0 Å². The van der Waals surface area contributed by atoms with Crippen LogP contribution < -0.4 is 10.6 Å². The molecule has 0 heterocycles. The van der Waals surface area contributed by atoms with Gasteiger partial charge < -0.3 is 20.3 Å². The fourth-order valence-corrected chi connectivity index (χ4v) is 4.02. The molecule has 0 aliphatic heterocycles. The number of nitrogens with one attached hydrogen (secondary N) is 2. The lowest BCUT2D eigenvalue weighted by molar-refractivity contribution is -0.149. The molecule has 1 aromatic rings. The van der Waals surface area contributed by atoms with Crippen molar-refractivity contribution in [2.45, 2.75) is 118 Å². The van der Waals surface area contributed by atoms with Crippen LogP contribution in [0.2, 0.25) is 0 Å². The van der Waals surface area contributed by atoms with Crippen LogP contribution in [0.15, 0.2) is 18.2 Å². The number of amides is 3. The third-order valence-corrected chi connectivity index (χ3v) is 6.26. The maximum absolute atomic E-state index is 13.9. The number of ether oxygens (including phenoxy) is 1. The molecular weight excluding hydrogens is 442 g/mol. The largest absolute Gasteiger partial charge is 0.444 e. The van der Waals surface area contributed by atoms with Gasteiger partial charge in [-0.05, 0) is 84.9 Å². The third-order valence-electron chi connectivity index (χ3n) is 6.26. The van der Waals surface area contributed by atoms with Gasteiger partial charge in [0.2, 0.25) is 11.8 Å². The van der Waals surface area contributed by atoms with Crippen molar-refractivity contribution in [3.05, 3.63) is 34.9 Å². The van der Waals surface area contributed by atoms with Gasteiger partial charge in [-0.2, -0.15) is 0 Å². The molecule has 1 aromatic carbocycles. The summed E-state index contributed by atoms with van der Waals surface area (Å²) in [5, 5.41) is 5.73. The van der Waals surface area contributed by atoms with Gasteiger partial charge >= 0.3 is 6.09 Å². The van der Waals surface area contributed by atoms with Crippen molar-refractivity contribution < 1.29 is 19.1 Å². The van der Waals surface area contributed by atoms with Crippen molar-refractivity contribution in [1.82, 2.24) is 15.5 Å². The highest BCUT2D eigenvalue weighted by Crippen LogP contribution is 2.35. The van der Waals surface area contributed by atoms with Gasteiger partial charge in [-0.3, -0.25) is 9.59 Å². The lowest BCUT2D eigenvalue weighted by Gasteiger charge is -2.45. The Morgan fingerprint density at radius 2 is 1.57 bits per heavy atom. The first-order valence-electron chi connectivity index (χ1n) is 12.8. The monoisotopic (exact) mass is 489 g/mol. The van der Waals surface area contributed by atoms with Crippen molar-refractivity contribution in [2.75, 3.05) is 6.54 Å². The zero-order valence-electron chi connectivity index (χ0n) is 23.5. The van der Waals surface area contributed by atoms with E-state index in [-0.39, 0.29) is 11.8 Å². The molecule has 0 bridgehead atoms. The fourth-order valence-electron chi connectivity index (χ4n) is 4.02. The van der Waals surface area contributed by atoms with Crippen LogP contribution in [0, 0.1) is 13.8 Å². The first kappa shape index (κ1) is 30.5. The second kappa shape index (κ2) is 12.9. The molecule has 0 aliphatic rings. The van der Waals surface area contributed by atoms with Crippen molar-refractivity contribution in [1.29, 1.82) is 0 Å². The van der Waals surface area contributed by atoms with Crippen LogP contribution in [-0.4, -0.2) is 46.5 Å². The minimum absolute atomic E-state index is 0.210. The van der Waals surface area contributed by atoms with Gasteiger partial charge in [0.05, 0.1) is 0 Å². The van der Waals surface area contributed by atoms with Crippen LogP contribution in [0.3, 0.4) is 0 Å². The molecule has 198 valence electrons. The zero-order valence-corrected chi connectivity index (χ0v) is 23.5. The normalized spacial score (nSPS) is 13.5. The lowest BCUT2D eigenvalue weighted by Crippen LogP contribution is -2.59. The van der Waals surface area contributed by atoms with E-state index in [9.17, 15) is 14.4 Å². The van der Waals surface area contributed by atoms with E-state index in [1.165, 1.54) is 0 Å². The van der Waals surface area contributed by atoms with Crippen LogP contribution in [0.1, 0.15) is 104 Å². The Bertz CT molecular complexity index is 853. The number of alkyl carbamates (subject to hydrolysis) is 1. The molecule has 7 nitrogen and oxygen atoms in total. The van der Waals surface area contributed by atoms with Crippen LogP contribution in [0.4, 0.5) is 4.79 Å². The van der Waals surface area contributed by atoms with E-state index in [4.69, 9.17) is 4.74 Å². The molecule has 3 amide bonds. The molecular formula is C28H47N3O4. The Balaban J connectivity index is 3.50. The number of hydrogen-bond acceptors (Lipinski definition) is 4. The van der Waals surface area contributed by atoms with Gasteiger partial charge in [0.1, 0.15) is 17.7 Å². The van der Waals surface area contributed by atoms with Crippen LogP contribution in [-0.2, 0) is 14.3 Å². The molecule has 2 N–H and O–H groups in total. The summed E-state index contributed by atoms with van der Waals surface area (Å²) < 4.78 is 5.36. The number of carbonyl (C=O) groups is 3. The summed E-state index contributed by atoms with van der Waals surface area (Å²) in [5.41, 5.74) is 1.36. The van der Waals surface area contributed by atoms with Crippen LogP contribution in [0.5, 0.6) is 0 Å². The second-order valence-electron chi connectivity index (χ2n) is 10.9. The van der Waals surface area contributed by atoms with E-state index in [1.807, 2.05) is 52.8 Å². The molecule has 35 heavy (non-hydrogen) atoms. The predicted octanol–water partition coefficient (Wildman–Crippen LogP) is 5.58. The quantitative estimate of drug-likeness (QED) is 0.397. The molecule has 0 saturated heterocycles. The number of unbranched alkanes of at least 4 members (excludes halogenated alkanes) is 2. The summed E-state index contributed by atoms with van der Waals surface area (Å²) in [6.45, 7) is 19.4. The van der Waals surface area contributed by atoms with E-state index >= 15 is 0 Å². The van der Waals surface area contributed by atoms with Crippen molar-refractivity contribution in [3.63, 3.8) is 0 Å². The van der Waals surface area contributed by atoms with Gasteiger partial charge in [-0.15, -0.1) is 0 Å². The first-order chi connectivity index (χ1) is 16.2. The zero-order chi connectivity index (χ0) is 27.0. The number of benzene rings is 1. The second-order valence-corrected chi connectivity index (χ2v) is 10.9. The molecule has 1 rings (SSSR count). The maximum Gasteiger partial charge on any atom is 0.408 e. The molecule has 0 aromatic heterocycles. The minimum atomic E-state index is -0.879. The molecule has 7 heteroatoms. The Kier molecular flexibility index (Phi) is 11.3. The average molecular weight is 490 g/mol. The Morgan fingerprint density at radius 3 is 2.06 bits per heavy atom. The summed E-state index contributed by atoms with van der Waals surface area (Å²) >= 11 is 0. The van der Waals surface area contributed by atoms with Crippen molar-refractivity contribution in [3.8, 4) is 0 Å². The molecule has 2 unspecified atom stereocenters. The summed E-state index contributed by atoms with van der Waals surface area (Å²) in [4.78, 5) is 41.7. The molecule has 0 saturated carbocycles. The topological polar surface area (TPSA) is 87.7 Å².